The number of benzene rings is 1. The van der Waals surface area contributed by atoms with E-state index in [4.69, 9.17) is 4.74 Å². The summed E-state index contributed by atoms with van der Waals surface area (Å²) < 4.78 is 44.1. The minimum absolute atomic E-state index is 0.00564. The van der Waals surface area contributed by atoms with Crippen molar-refractivity contribution < 1.29 is 22.7 Å². The summed E-state index contributed by atoms with van der Waals surface area (Å²) in [6.07, 6.45) is -1.53. The van der Waals surface area contributed by atoms with Gasteiger partial charge >= 0.3 is 6.18 Å². The molecule has 29 heavy (non-hydrogen) atoms. The molecule has 160 valence electrons. The molecule has 2 saturated heterocycles. The van der Waals surface area contributed by atoms with Gasteiger partial charge in [0.05, 0.1) is 24.7 Å². The van der Waals surface area contributed by atoms with E-state index in [0.29, 0.717) is 26.1 Å². The largest absolute Gasteiger partial charge is 0.391 e. The lowest BCUT2D eigenvalue weighted by molar-refractivity contribution is -0.183. The number of nitrogens with one attached hydrogen (secondary N) is 1. The Morgan fingerprint density at radius 3 is 2.38 bits per heavy atom. The van der Waals surface area contributed by atoms with Crippen LogP contribution in [0.5, 0.6) is 0 Å². The van der Waals surface area contributed by atoms with Gasteiger partial charge in [-0.3, -0.25) is 9.69 Å². The maximum atomic E-state index is 12.8. The molecule has 2 heterocycles. The molecule has 1 spiro atoms. The summed E-state index contributed by atoms with van der Waals surface area (Å²) in [6, 6.07) is 10.2. The molecule has 4 rings (SSSR count). The molecule has 1 saturated carbocycles. The monoisotopic (exact) mass is 410 g/mol. The van der Waals surface area contributed by atoms with E-state index in [1.807, 2.05) is 18.2 Å². The Bertz CT molecular complexity index is 698. The molecule has 7 heteroatoms. The predicted octanol–water partition coefficient (Wildman–Crippen LogP) is 3.90. The smallest absolute Gasteiger partial charge is 0.377 e. The third-order valence-electron chi connectivity index (χ3n) is 6.91. The van der Waals surface area contributed by atoms with Gasteiger partial charge in [-0.25, -0.2) is 0 Å². The highest BCUT2D eigenvalue weighted by atomic mass is 19.4. The topological polar surface area (TPSA) is 41.6 Å². The van der Waals surface area contributed by atoms with Crippen molar-refractivity contribution in [2.24, 2.45) is 11.8 Å². The summed E-state index contributed by atoms with van der Waals surface area (Å²) >= 11 is 0. The van der Waals surface area contributed by atoms with E-state index in [1.165, 1.54) is 5.56 Å². The lowest BCUT2D eigenvalue weighted by Gasteiger charge is -2.54. The average Bonchev–Trinajstić information content (AvgIpc) is 2.67. The highest BCUT2D eigenvalue weighted by Crippen LogP contribution is 2.40. The summed E-state index contributed by atoms with van der Waals surface area (Å²) in [4.78, 5) is 15.3. The van der Waals surface area contributed by atoms with E-state index in [0.717, 1.165) is 25.9 Å². The van der Waals surface area contributed by atoms with Crippen LogP contribution in [-0.4, -0.2) is 48.3 Å². The average molecular weight is 410 g/mol. The molecule has 1 amide bonds. The first-order chi connectivity index (χ1) is 13.9. The van der Waals surface area contributed by atoms with Crippen molar-refractivity contribution in [1.29, 1.82) is 0 Å². The van der Waals surface area contributed by atoms with Crippen LogP contribution in [0.15, 0.2) is 30.3 Å². The van der Waals surface area contributed by atoms with Gasteiger partial charge in [-0.05, 0) is 50.6 Å². The molecule has 4 nitrogen and oxygen atoms in total. The Labute approximate surface area is 169 Å². The molecule has 1 aliphatic carbocycles. The van der Waals surface area contributed by atoms with E-state index in [-0.39, 0.29) is 36.2 Å². The highest BCUT2D eigenvalue weighted by molar-refractivity contribution is 5.79. The summed E-state index contributed by atoms with van der Waals surface area (Å²) in [7, 11) is 0. The van der Waals surface area contributed by atoms with Crippen LogP contribution >= 0.6 is 0 Å². The number of piperidine rings is 1. The lowest BCUT2D eigenvalue weighted by Crippen LogP contribution is -2.66. The van der Waals surface area contributed by atoms with Crippen LogP contribution in [-0.2, 0) is 16.1 Å². The normalized spacial score (nSPS) is 30.0. The Hall–Kier alpha value is -1.60. The van der Waals surface area contributed by atoms with Crippen molar-refractivity contribution >= 4 is 5.91 Å². The van der Waals surface area contributed by atoms with Gasteiger partial charge < -0.3 is 10.1 Å². The number of halogens is 3. The Morgan fingerprint density at radius 2 is 1.79 bits per heavy atom. The van der Waals surface area contributed by atoms with Gasteiger partial charge in [0.1, 0.15) is 0 Å². The van der Waals surface area contributed by atoms with Gasteiger partial charge in [0.15, 0.2) is 0 Å². The maximum absolute atomic E-state index is 12.8. The number of carbonyl (C=O) groups excluding carboxylic acids is 1. The molecule has 1 aromatic carbocycles. The van der Waals surface area contributed by atoms with Crippen molar-refractivity contribution in [2.45, 2.75) is 62.8 Å². The molecule has 2 aliphatic heterocycles. The van der Waals surface area contributed by atoms with Gasteiger partial charge in [-0.1, -0.05) is 30.3 Å². The Balaban J connectivity index is 1.31. The van der Waals surface area contributed by atoms with E-state index in [1.54, 1.807) is 0 Å². The fraction of sp³-hybridized carbons (Fsp3) is 0.682. The number of alkyl halides is 3. The summed E-state index contributed by atoms with van der Waals surface area (Å²) in [5.74, 6) is -1.30. The number of rotatable bonds is 4. The number of likely N-dealkylation sites (tertiary alicyclic amines) is 1. The third kappa shape index (κ3) is 4.61. The Kier molecular flexibility index (Phi) is 5.89. The van der Waals surface area contributed by atoms with Crippen LogP contribution in [0.2, 0.25) is 0 Å². The molecule has 0 radical (unpaired) electrons. The summed E-state index contributed by atoms with van der Waals surface area (Å²) in [6.45, 7) is 2.96. The summed E-state index contributed by atoms with van der Waals surface area (Å²) in [5.41, 5.74) is 1.16. The summed E-state index contributed by atoms with van der Waals surface area (Å²) in [5, 5.41) is 3.05. The van der Waals surface area contributed by atoms with Crippen molar-refractivity contribution in [3.63, 3.8) is 0 Å². The second kappa shape index (κ2) is 8.26. The van der Waals surface area contributed by atoms with Gasteiger partial charge in [-0.15, -0.1) is 0 Å². The fourth-order valence-electron chi connectivity index (χ4n) is 5.04. The zero-order valence-electron chi connectivity index (χ0n) is 16.6. The van der Waals surface area contributed by atoms with Crippen LogP contribution in [0.4, 0.5) is 13.2 Å². The lowest BCUT2D eigenvalue weighted by atomic mass is 9.77. The Morgan fingerprint density at radius 1 is 1.10 bits per heavy atom. The van der Waals surface area contributed by atoms with E-state index >= 15 is 0 Å². The van der Waals surface area contributed by atoms with Crippen molar-refractivity contribution in [3.8, 4) is 0 Å². The van der Waals surface area contributed by atoms with Gasteiger partial charge in [-0.2, -0.15) is 13.2 Å². The SMILES string of the molecule is O=C(NC1CCC(C(F)(F)F)CC1)C1CCN(Cc2ccccc2)C2(COC2)C1. The van der Waals surface area contributed by atoms with E-state index in [2.05, 4.69) is 22.3 Å². The van der Waals surface area contributed by atoms with E-state index in [9.17, 15) is 18.0 Å². The van der Waals surface area contributed by atoms with Crippen LogP contribution < -0.4 is 5.32 Å². The van der Waals surface area contributed by atoms with Crippen LogP contribution in [0, 0.1) is 11.8 Å². The van der Waals surface area contributed by atoms with Crippen molar-refractivity contribution in [2.75, 3.05) is 19.8 Å². The van der Waals surface area contributed by atoms with Crippen LogP contribution in [0.25, 0.3) is 0 Å². The fourth-order valence-corrected chi connectivity index (χ4v) is 5.04. The molecule has 1 unspecified atom stereocenters. The van der Waals surface area contributed by atoms with Crippen LogP contribution in [0.3, 0.4) is 0 Å². The van der Waals surface area contributed by atoms with Crippen molar-refractivity contribution in [3.05, 3.63) is 35.9 Å². The zero-order chi connectivity index (χ0) is 20.5. The quantitative estimate of drug-likeness (QED) is 0.819. The first-order valence-corrected chi connectivity index (χ1v) is 10.6. The molecule has 1 atom stereocenters. The molecule has 0 aromatic heterocycles. The number of ether oxygens (including phenoxy) is 1. The van der Waals surface area contributed by atoms with E-state index < -0.39 is 12.1 Å². The first kappa shape index (κ1) is 20.7. The molecule has 1 N–H and O–H groups in total. The maximum Gasteiger partial charge on any atom is 0.391 e. The number of hydrogen-bond donors (Lipinski definition) is 1. The molecular weight excluding hydrogens is 381 g/mol. The first-order valence-electron chi connectivity index (χ1n) is 10.6. The minimum Gasteiger partial charge on any atom is -0.377 e. The molecular formula is C22H29F3N2O2. The predicted molar refractivity (Wildman–Crippen MR) is 103 cm³/mol. The number of hydrogen-bond acceptors (Lipinski definition) is 3. The standard InChI is InChI=1S/C22H29F3N2O2/c23-22(24,25)18-6-8-19(9-7-18)26-20(28)17-10-11-27(21(12-17)14-29-15-21)13-16-4-2-1-3-5-16/h1-5,17-19H,6-15H2,(H,26,28). The highest BCUT2D eigenvalue weighted by Gasteiger charge is 2.49. The second-order valence-electron chi connectivity index (χ2n) is 8.91. The molecule has 3 fully saturated rings. The molecule has 3 aliphatic rings. The molecule has 0 bridgehead atoms. The number of nitrogens with zero attached hydrogens (tertiary/aromatic N) is 1. The third-order valence-corrected chi connectivity index (χ3v) is 6.91. The van der Waals surface area contributed by atoms with Gasteiger partial charge in [0.2, 0.25) is 5.91 Å². The van der Waals surface area contributed by atoms with Crippen LogP contribution in [0.1, 0.15) is 44.1 Å². The van der Waals surface area contributed by atoms with Gasteiger partial charge in [0.25, 0.3) is 0 Å². The number of amides is 1. The molecule has 1 aromatic rings. The number of carbonyl (C=O) groups is 1. The zero-order valence-corrected chi connectivity index (χ0v) is 16.6. The second-order valence-corrected chi connectivity index (χ2v) is 8.91. The van der Waals surface area contributed by atoms with Gasteiger partial charge in [0, 0.05) is 18.5 Å². The minimum atomic E-state index is -4.11. The van der Waals surface area contributed by atoms with Crippen molar-refractivity contribution in [1.82, 2.24) is 10.2 Å².